The maximum Gasteiger partial charge on any atom is 0.405 e. The van der Waals surface area contributed by atoms with Crippen molar-refractivity contribution < 1.29 is 18.0 Å². The van der Waals surface area contributed by atoms with E-state index in [0.29, 0.717) is 5.39 Å². The molecule has 1 aromatic heterocycles. The summed E-state index contributed by atoms with van der Waals surface area (Å²) in [5, 5.41) is 2.51. The molecule has 1 aromatic carbocycles. The molecular formula is C12H11F3N2O. The normalized spacial score (nSPS) is 11.8. The number of aromatic nitrogens is 1. The highest BCUT2D eigenvalue weighted by molar-refractivity contribution is 6.06. The van der Waals surface area contributed by atoms with E-state index in [2.05, 4.69) is 0 Å². The van der Waals surface area contributed by atoms with Crippen LogP contribution in [0.5, 0.6) is 0 Å². The molecule has 96 valence electrons. The molecule has 2 aromatic rings. The van der Waals surface area contributed by atoms with Crippen molar-refractivity contribution in [3.8, 4) is 0 Å². The number of hydrogen-bond acceptors (Lipinski definition) is 1. The van der Waals surface area contributed by atoms with Gasteiger partial charge in [-0.2, -0.15) is 13.2 Å². The first-order valence-corrected chi connectivity index (χ1v) is 5.27. The molecule has 0 bridgehead atoms. The molecule has 0 saturated carbocycles. The Hall–Kier alpha value is -1.98. The van der Waals surface area contributed by atoms with Crippen LogP contribution in [0.25, 0.3) is 10.9 Å². The van der Waals surface area contributed by atoms with Crippen LogP contribution in [0.4, 0.5) is 13.2 Å². The van der Waals surface area contributed by atoms with E-state index < -0.39 is 18.6 Å². The summed E-state index contributed by atoms with van der Waals surface area (Å²) in [4.78, 5) is 11.7. The predicted octanol–water partition coefficient (Wildman–Crippen LogP) is 2.47. The Labute approximate surface area is 101 Å². The van der Waals surface area contributed by atoms with Crippen molar-refractivity contribution >= 4 is 16.8 Å². The van der Waals surface area contributed by atoms with Gasteiger partial charge in [0.15, 0.2) is 0 Å². The standard InChI is InChI=1S/C12H11F3N2O/c1-17-6-9(8-4-2-3-5-10(8)17)11(18)16-7-12(13,14)15/h2-6H,7H2,1H3,(H,16,18). The van der Waals surface area contributed by atoms with Gasteiger partial charge in [-0.25, -0.2) is 0 Å². The topological polar surface area (TPSA) is 34.0 Å². The van der Waals surface area contributed by atoms with E-state index >= 15 is 0 Å². The van der Waals surface area contributed by atoms with Gasteiger partial charge in [0.05, 0.1) is 5.56 Å². The van der Waals surface area contributed by atoms with Crippen LogP contribution >= 0.6 is 0 Å². The summed E-state index contributed by atoms with van der Waals surface area (Å²) in [7, 11) is 1.74. The zero-order valence-electron chi connectivity index (χ0n) is 9.58. The fourth-order valence-corrected chi connectivity index (χ4v) is 1.80. The van der Waals surface area contributed by atoms with Crippen LogP contribution in [0.2, 0.25) is 0 Å². The fraction of sp³-hybridized carbons (Fsp3) is 0.250. The summed E-state index contributed by atoms with van der Waals surface area (Å²) in [6, 6.07) is 7.05. The van der Waals surface area contributed by atoms with Gasteiger partial charge >= 0.3 is 6.18 Å². The van der Waals surface area contributed by atoms with Crippen molar-refractivity contribution in [2.75, 3.05) is 6.54 Å². The number of carbonyl (C=O) groups excluding carboxylic acids is 1. The van der Waals surface area contributed by atoms with Gasteiger partial charge in [0.25, 0.3) is 5.91 Å². The predicted molar refractivity (Wildman–Crippen MR) is 61.3 cm³/mol. The van der Waals surface area contributed by atoms with Gasteiger partial charge in [-0.1, -0.05) is 18.2 Å². The highest BCUT2D eigenvalue weighted by Gasteiger charge is 2.28. The number of fused-ring (bicyclic) bond motifs is 1. The first-order valence-electron chi connectivity index (χ1n) is 5.27. The quantitative estimate of drug-likeness (QED) is 0.880. The van der Waals surface area contributed by atoms with Crippen molar-refractivity contribution in [2.24, 2.45) is 7.05 Å². The molecule has 1 amide bonds. The number of nitrogens with zero attached hydrogens (tertiary/aromatic N) is 1. The smallest absolute Gasteiger partial charge is 0.350 e. The number of nitrogens with one attached hydrogen (secondary N) is 1. The molecule has 0 aliphatic heterocycles. The molecule has 0 spiro atoms. The molecule has 0 radical (unpaired) electrons. The maximum atomic E-state index is 12.0. The Morgan fingerprint density at radius 3 is 2.67 bits per heavy atom. The number of rotatable bonds is 2. The molecule has 1 heterocycles. The molecule has 0 aliphatic carbocycles. The van der Waals surface area contributed by atoms with Crippen LogP contribution in [0.3, 0.4) is 0 Å². The summed E-state index contributed by atoms with van der Waals surface area (Å²) in [6.45, 7) is -1.32. The molecular weight excluding hydrogens is 245 g/mol. The number of halogens is 3. The molecule has 0 atom stereocenters. The van der Waals surface area contributed by atoms with Gasteiger partial charge < -0.3 is 9.88 Å². The lowest BCUT2D eigenvalue weighted by atomic mass is 10.1. The SMILES string of the molecule is Cn1cc(C(=O)NCC(F)(F)F)c2ccccc21. The minimum absolute atomic E-state index is 0.248. The number of hydrogen-bond donors (Lipinski definition) is 1. The van der Waals surface area contributed by atoms with Gasteiger partial charge in [-0.3, -0.25) is 4.79 Å². The minimum Gasteiger partial charge on any atom is -0.350 e. The van der Waals surface area contributed by atoms with E-state index in [0.717, 1.165) is 5.52 Å². The molecule has 0 unspecified atom stereocenters. The number of aryl methyl sites for hydroxylation is 1. The molecule has 3 nitrogen and oxygen atoms in total. The fourth-order valence-electron chi connectivity index (χ4n) is 1.80. The largest absolute Gasteiger partial charge is 0.405 e. The summed E-state index contributed by atoms with van der Waals surface area (Å²) < 4.78 is 37.8. The van der Waals surface area contributed by atoms with Gasteiger partial charge in [0, 0.05) is 24.1 Å². The van der Waals surface area contributed by atoms with Crippen LogP contribution in [-0.2, 0) is 7.05 Å². The Kier molecular flexibility index (Phi) is 3.02. The molecule has 1 N–H and O–H groups in total. The first-order chi connectivity index (χ1) is 8.38. The average molecular weight is 256 g/mol. The van der Waals surface area contributed by atoms with Crippen molar-refractivity contribution in [2.45, 2.75) is 6.18 Å². The Morgan fingerprint density at radius 1 is 1.33 bits per heavy atom. The molecule has 0 aliphatic rings. The second-order valence-corrected chi connectivity index (χ2v) is 3.97. The average Bonchev–Trinajstić information content (AvgIpc) is 2.64. The second kappa shape index (κ2) is 4.36. The maximum absolute atomic E-state index is 12.0. The molecule has 0 fully saturated rings. The lowest BCUT2D eigenvalue weighted by Gasteiger charge is -2.07. The van der Waals surface area contributed by atoms with Crippen molar-refractivity contribution in [1.29, 1.82) is 0 Å². The number of benzene rings is 1. The van der Waals surface area contributed by atoms with E-state index in [9.17, 15) is 18.0 Å². The first kappa shape index (κ1) is 12.5. The van der Waals surface area contributed by atoms with Crippen LogP contribution in [0, 0.1) is 0 Å². The minimum atomic E-state index is -4.40. The van der Waals surface area contributed by atoms with E-state index in [-0.39, 0.29) is 5.56 Å². The lowest BCUT2D eigenvalue weighted by Crippen LogP contribution is -2.33. The molecule has 0 saturated heterocycles. The summed E-state index contributed by atoms with van der Waals surface area (Å²) >= 11 is 0. The number of alkyl halides is 3. The van der Waals surface area contributed by atoms with E-state index in [1.165, 1.54) is 6.20 Å². The Balaban J connectivity index is 2.28. The van der Waals surface area contributed by atoms with Gasteiger partial charge in [0.2, 0.25) is 0 Å². The van der Waals surface area contributed by atoms with E-state index in [1.54, 1.807) is 35.9 Å². The third-order valence-electron chi connectivity index (χ3n) is 2.59. The monoisotopic (exact) mass is 256 g/mol. The van der Waals surface area contributed by atoms with Crippen LogP contribution in [0.1, 0.15) is 10.4 Å². The highest BCUT2D eigenvalue weighted by Crippen LogP contribution is 2.20. The van der Waals surface area contributed by atoms with E-state index in [1.807, 2.05) is 5.32 Å². The number of para-hydroxylation sites is 1. The lowest BCUT2D eigenvalue weighted by molar-refractivity contribution is -0.123. The van der Waals surface area contributed by atoms with Gasteiger partial charge in [0.1, 0.15) is 6.54 Å². The van der Waals surface area contributed by atoms with Gasteiger partial charge in [-0.15, -0.1) is 0 Å². The summed E-state index contributed by atoms with van der Waals surface area (Å²) in [6.07, 6.45) is -2.88. The molecule has 2 rings (SSSR count). The zero-order chi connectivity index (χ0) is 13.3. The van der Waals surface area contributed by atoms with Crippen LogP contribution < -0.4 is 5.32 Å². The van der Waals surface area contributed by atoms with Crippen molar-refractivity contribution in [3.05, 3.63) is 36.0 Å². The molecule has 6 heteroatoms. The van der Waals surface area contributed by atoms with Crippen LogP contribution in [-0.4, -0.2) is 23.2 Å². The van der Waals surface area contributed by atoms with Gasteiger partial charge in [-0.05, 0) is 6.07 Å². The van der Waals surface area contributed by atoms with Crippen molar-refractivity contribution in [1.82, 2.24) is 9.88 Å². The summed E-state index contributed by atoms with van der Waals surface area (Å²) in [5.74, 6) is -0.718. The Bertz CT molecular complexity index is 587. The number of amides is 1. The third kappa shape index (κ3) is 2.47. The molecule has 18 heavy (non-hydrogen) atoms. The zero-order valence-corrected chi connectivity index (χ0v) is 9.58. The van der Waals surface area contributed by atoms with Crippen molar-refractivity contribution in [3.63, 3.8) is 0 Å². The van der Waals surface area contributed by atoms with Crippen LogP contribution in [0.15, 0.2) is 30.5 Å². The van der Waals surface area contributed by atoms with E-state index in [4.69, 9.17) is 0 Å². The second-order valence-electron chi connectivity index (χ2n) is 3.97. The third-order valence-corrected chi connectivity index (χ3v) is 2.59. The highest BCUT2D eigenvalue weighted by atomic mass is 19.4. The number of carbonyl (C=O) groups is 1. The summed E-state index contributed by atoms with van der Waals surface area (Å²) in [5.41, 5.74) is 1.05. The Morgan fingerprint density at radius 2 is 2.00 bits per heavy atom.